The Morgan fingerprint density at radius 3 is 1.45 bits per heavy atom. The molecule has 1 nitrogen and oxygen atoms in total. The Balaban J connectivity index is 1.76. The van der Waals surface area contributed by atoms with E-state index in [0.29, 0.717) is 0 Å². The highest BCUT2D eigenvalue weighted by Gasteiger charge is 2.20. The first-order valence-electron chi connectivity index (χ1n) is 10.7. The predicted molar refractivity (Wildman–Crippen MR) is 128 cm³/mol. The van der Waals surface area contributed by atoms with Crippen molar-refractivity contribution in [2.75, 3.05) is 0 Å². The van der Waals surface area contributed by atoms with Crippen LogP contribution in [-0.2, 0) is 6.54 Å². The van der Waals surface area contributed by atoms with Crippen LogP contribution in [0.5, 0.6) is 0 Å². The van der Waals surface area contributed by atoms with Crippen molar-refractivity contribution < 1.29 is 4.57 Å². The van der Waals surface area contributed by atoms with Gasteiger partial charge in [0.1, 0.15) is 0 Å². The molecule has 0 aliphatic carbocycles. The molecule has 5 aromatic rings. The average Bonchev–Trinajstić information content (AvgIpc) is 2.86. The molecule has 0 radical (unpaired) electrons. The van der Waals surface area contributed by atoms with Crippen molar-refractivity contribution in [2.24, 2.45) is 0 Å². The molecular formula is C30H24N+. The summed E-state index contributed by atoms with van der Waals surface area (Å²) in [5, 5.41) is 0. The molecule has 0 aliphatic heterocycles. The highest BCUT2D eigenvalue weighted by molar-refractivity contribution is 5.84. The highest BCUT2D eigenvalue weighted by Crippen LogP contribution is 2.33. The second kappa shape index (κ2) is 8.81. The van der Waals surface area contributed by atoms with Crippen LogP contribution < -0.4 is 4.57 Å². The molecule has 5 rings (SSSR count). The molecule has 0 saturated heterocycles. The van der Waals surface area contributed by atoms with Crippen LogP contribution in [0.15, 0.2) is 134 Å². The molecule has 0 bridgehead atoms. The maximum Gasteiger partial charge on any atom is 0.213 e. The standard InChI is InChI=1S/C30H24N/c1-5-13-24(14-6-1)22-31-23-29(26-17-9-3-10-18-26)28(25-15-7-2-8-16-25)21-30(31)27-19-11-4-12-20-27/h1-21,23H,22H2/q+1. The number of rotatable bonds is 5. The van der Waals surface area contributed by atoms with Gasteiger partial charge < -0.3 is 0 Å². The smallest absolute Gasteiger partial charge is 0.193 e. The Labute approximate surface area is 183 Å². The first kappa shape index (κ1) is 19.0. The largest absolute Gasteiger partial charge is 0.213 e. The quantitative estimate of drug-likeness (QED) is 0.280. The van der Waals surface area contributed by atoms with Crippen LogP contribution in [0, 0.1) is 0 Å². The maximum atomic E-state index is 2.37. The van der Waals surface area contributed by atoms with Crippen LogP contribution in [0.1, 0.15) is 5.56 Å². The summed E-state index contributed by atoms with van der Waals surface area (Å²) in [6, 6.07) is 45.0. The van der Waals surface area contributed by atoms with Crippen LogP contribution in [-0.4, -0.2) is 0 Å². The van der Waals surface area contributed by atoms with Gasteiger partial charge in [-0.3, -0.25) is 0 Å². The van der Waals surface area contributed by atoms with Crippen LogP contribution >= 0.6 is 0 Å². The minimum Gasteiger partial charge on any atom is -0.193 e. The van der Waals surface area contributed by atoms with Gasteiger partial charge in [-0.1, -0.05) is 109 Å². The molecule has 148 valence electrons. The fraction of sp³-hybridized carbons (Fsp3) is 0.0333. The van der Waals surface area contributed by atoms with Gasteiger partial charge in [-0.15, -0.1) is 0 Å². The fourth-order valence-electron chi connectivity index (χ4n) is 4.07. The van der Waals surface area contributed by atoms with Crippen molar-refractivity contribution in [2.45, 2.75) is 6.54 Å². The van der Waals surface area contributed by atoms with E-state index in [-0.39, 0.29) is 0 Å². The van der Waals surface area contributed by atoms with Gasteiger partial charge in [-0.2, -0.15) is 4.57 Å². The van der Waals surface area contributed by atoms with Crippen molar-refractivity contribution in [1.82, 2.24) is 0 Å². The summed E-state index contributed by atoms with van der Waals surface area (Å²) < 4.78 is 2.37. The molecule has 0 N–H and O–H groups in total. The van der Waals surface area contributed by atoms with Crippen LogP contribution in [0.2, 0.25) is 0 Å². The van der Waals surface area contributed by atoms with E-state index >= 15 is 0 Å². The summed E-state index contributed by atoms with van der Waals surface area (Å²) in [6.45, 7) is 0.819. The van der Waals surface area contributed by atoms with Crippen molar-refractivity contribution in [1.29, 1.82) is 0 Å². The third-order valence-corrected chi connectivity index (χ3v) is 5.60. The molecule has 0 amide bonds. The summed E-state index contributed by atoms with van der Waals surface area (Å²) in [5.74, 6) is 0. The molecule has 1 heterocycles. The third kappa shape index (κ3) is 4.17. The lowest BCUT2D eigenvalue weighted by molar-refractivity contribution is -0.676. The van der Waals surface area contributed by atoms with Crippen LogP contribution in [0.3, 0.4) is 0 Å². The number of nitrogens with zero attached hydrogens (tertiary/aromatic N) is 1. The number of hydrogen-bond acceptors (Lipinski definition) is 0. The Bertz CT molecular complexity index is 1260. The molecule has 1 aromatic heterocycles. The van der Waals surface area contributed by atoms with Gasteiger partial charge in [0.05, 0.1) is 5.56 Å². The molecule has 0 saturated carbocycles. The normalized spacial score (nSPS) is 10.7. The van der Waals surface area contributed by atoms with E-state index in [1.54, 1.807) is 0 Å². The number of pyridine rings is 1. The summed E-state index contributed by atoms with van der Waals surface area (Å²) in [5.41, 5.74) is 8.65. The van der Waals surface area contributed by atoms with E-state index in [1.165, 1.54) is 39.1 Å². The van der Waals surface area contributed by atoms with E-state index < -0.39 is 0 Å². The Kier molecular flexibility index (Phi) is 5.40. The SMILES string of the molecule is c1ccc(C[n+]2cc(-c3ccccc3)c(-c3ccccc3)cc2-c2ccccc2)cc1. The Hall–Kier alpha value is -3.97. The lowest BCUT2D eigenvalue weighted by Gasteiger charge is -2.13. The van der Waals surface area contributed by atoms with E-state index in [1.807, 2.05) is 0 Å². The van der Waals surface area contributed by atoms with Crippen molar-refractivity contribution in [3.63, 3.8) is 0 Å². The van der Waals surface area contributed by atoms with E-state index in [2.05, 4.69) is 138 Å². The Morgan fingerprint density at radius 1 is 0.452 bits per heavy atom. The minimum atomic E-state index is 0.819. The fourth-order valence-corrected chi connectivity index (χ4v) is 4.07. The van der Waals surface area contributed by atoms with E-state index in [0.717, 1.165) is 6.54 Å². The highest BCUT2D eigenvalue weighted by atomic mass is 15.0. The number of aromatic nitrogens is 1. The minimum absolute atomic E-state index is 0.819. The van der Waals surface area contributed by atoms with Gasteiger partial charge >= 0.3 is 0 Å². The zero-order chi connectivity index (χ0) is 20.9. The molecule has 1 heteroatoms. The van der Waals surface area contributed by atoms with Gasteiger partial charge in [-0.05, 0) is 23.3 Å². The molecule has 0 unspecified atom stereocenters. The monoisotopic (exact) mass is 398 g/mol. The molecule has 0 spiro atoms. The summed E-state index contributed by atoms with van der Waals surface area (Å²) in [6.07, 6.45) is 2.31. The first-order valence-corrected chi connectivity index (χ1v) is 10.7. The van der Waals surface area contributed by atoms with Gasteiger partial charge in [0, 0.05) is 22.8 Å². The zero-order valence-electron chi connectivity index (χ0n) is 17.4. The molecule has 31 heavy (non-hydrogen) atoms. The lowest BCUT2D eigenvalue weighted by Crippen LogP contribution is -2.37. The predicted octanol–water partition coefficient (Wildman–Crippen LogP) is 7.02. The lowest BCUT2D eigenvalue weighted by atomic mass is 9.94. The van der Waals surface area contributed by atoms with E-state index in [9.17, 15) is 0 Å². The second-order valence-corrected chi connectivity index (χ2v) is 7.70. The number of benzene rings is 4. The number of hydrogen-bond donors (Lipinski definition) is 0. The summed E-state index contributed by atoms with van der Waals surface area (Å²) in [4.78, 5) is 0. The van der Waals surface area contributed by atoms with Crippen molar-refractivity contribution in [3.05, 3.63) is 139 Å². The first-order chi connectivity index (χ1) is 15.4. The van der Waals surface area contributed by atoms with Gasteiger partial charge in [0.25, 0.3) is 0 Å². The van der Waals surface area contributed by atoms with Crippen molar-refractivity contribution in [3.8, 4) is 33.5 Å². The van der Waals surface area contributed by atoms with Gasteiger partial charge in [0.2, 0.25) is 5.69 Å². The molecule has 0 aliphatic rings. The Morgan fingerprint density at radius 2 is 0.903 bits per heavy atom. The molecule has 4 aromatic carbocycles. The molecule has 0 atom stereocenters. The zero-order valence-corrected chi connectivity index (χ0v) is 17.4. The maximum absolute atomic E-state index is 2.37. The van der Waals surface area contributed by atoms with E-state index in [4.69, 9.17) is 0 Å². The van der Waals surface area contributed by atoms with Crippen LogP contribution in [0.25, 0.3) is 33.5 Å². The molecule has 0 fully saturated rings. The van der Waals surface area contributed by atoms with Gasteiger partial charge in [-0.25, -0.2) is 0 Å². The molecular weight excluding hydrogens is 374 g/mol. The topological polar surface area (TPSA) is 3.88 Å². The van der Waals surface area contributed by atoms with Crippen LogP contribution in [0.4, 0.5) is 0 Å². The summed E-state index contributed by atoms with van der Waals surface area (Å²) >= 11 is 0. The average molecular weight is 399 g/mol. The summed E-state index contributed by atoms with van der Waals surface area (Å²) in [7, 11) is 0. The second-order valence-electron chi connectivity index (χ2n) is 7.70. The van der Waals surface area contributed by atoms with Crippen molar-refractivity contribution >= 4 is 0 Å². The third-order valence-electron chi connectivity index (χ3n) is 5.60. The van der Waals surface area contributed by atoms with Gasteiger partial charge in [0.15, 0.2) is 12.7 Å².